The first-order valence-corrected chi connectivity index (χ1v) is 5.71. The fraction of sp³-hybridized carbons (Fsp3) is 0.286. The van der Waals surface area contributed by atoms with E-state index in [1.54, 1.807) is 0 Å². The summed E-state index contributed by atoms with van der Waals surface area (Å²) < 4.78 is 2.15. The summed E-state index contributed by atoms with van der Waals surface area (Å²) in [5.74, 6) is 0. The maximum absolute atomic E-state index is 9.00. The van der Waals surface area contributed by atoms with Gasteiger partial charge >= 0.3 is 0 Å². The van der Waals surface area contributed by atoms with Gasteiger partial charge in [0.2, 0.25) is 0 Å². The molecule has 0 saturated carbocycles. The topological polar surface area (TPSA) is 52.5 Å². The molecule has 0 spiro atoms. The molecule has 0 aliphatic carbocycles. The van der Waals surface area contributed by atoms with E-state index in [0.29, 0.717) is 6.42 Å². The number of nitrogens with zero attached hydrogens (tertiary/aromatic N) is 3. The summed E-state index contributed by atoms with van der Waals surface area (Å²) in [5.41, 5.74) is 1.82. The molecule has 0 amide bonds. The Bertz CT molecular complexity index is 596. The Hall–Kier alpha value is -2.26. The van der Waals surface area contributed by atoms with E-state index in [-0.39, 0.29) is 0 Å². The van der Waals surface area contributed by atoms with Crippen LogP contribution in [0.1, 0.15) is 24.8 Å². The van der Waals surface area contributed by atoms with E-state index in [9.17, 15) is 0 Å². The summed E-state index contributed by atoms with van der Waals surface area (Å²) in [4.78, 5) is 0. The fourth-order valence-corrected chi connectivity index (χ4v) is 2.00. The van der Waals surface area contributed by atoms with Gasteiger partial charge in [0.1, 0.15) is 0 Å². The van der Waals surface area contributed by atoms with E-state index < -0.39 is 0 Å². The van der Waals surface area contributed by atoms with E-state index in [0.717, 1.165) is 35.9 Å². The van der Waals surface area contributed by atoms with Crippen molar-refractivity contribution in [1.82, 2.24) is 4.57 Å². The molecule has 1 aromatic carbocycles. The third-order valence-corrected chi connectivity index (χ3v) is 2.87. The molecular weight excluding hydrogens is 210 g/mol. The quantitative estimate of drug-likeness (QED) is 0.747. The van der Waals surface area contributed by atoms with Gasteiger partial charge in [-0.3, -0.25) is 0 Å². The number of aryl methyl sites for hydroxylation is 1. The molecule has 17 heavy (non-hydrogen) atoms. The fourth-order valence-electron chi connectivity index (χ4n) is 2.00. The molecule has 1 heterocycles. The molecule has 3 heteroatoms. The number of benzene rings is 1. The average Bonchev–Trinajstić information content (AvgIpc) is 2.78. The lowest BCUT2D eigenvalue weighted by Gasteiger charge is -2.04. The zero-order chi connectivity index (χ0) is 12.1. The molecule has 0 atom stereocenters. The van der Waals surface area contributed by atoms with Gasteiger partial charge in [-0.05, 0) is 31.0 Å². The van der Waals surface area contributed by atoms with Crippen molar-refractivity contribution in [3.05, 3.63) is 36.0 Å². The minimum Gasteiger partial charge on any atom is -0.347 e. The van der Waals surface area contributed by atoms with Gasteiger partial charge in [-0.25, -0.2) is 0 Å². The van der Waals surface area contributed by atoms with Crippen LogP contribution in [0.5, 0.6) is 0 Å². The Kier molecular flexibility index (Phi) is 3.43. The summed E-state index contributed by atoms with van der Waals surface area (Å²) >= 11 is 0. The van der Waals surface area contributed by atoms with Crippen LogP contribution >= 0.6 is 0 Å². The molecule has 0 bridgehead atoms. The standard InChI is InChI=1S/C14H13N3/c15-8-2-1-3-9-17-10-7-13-12(11-16)5-4-6-14(13)17/h4-7,10H,1-3,9H2. The van der Waals surface area contributed by atoms with Crippen molar-refractivity contribution in [1.29, 1.82) is 10.5 Å². The minimum atomic E-state index is 0.614. The second-order valence-electron chi connectivity index (χ2n) is 3.97. The normalized spacial score (nSPS) is 10.0. The van der Waals surface area contributed by atoms with Crippen molar-refractivity contribution in [3.63, 3.8) is 0 Å². The van der Waals surface area contributed by atoms with Crippen LogP contribution in [0.3, 0.4) is 0 Å². The van der Waals surface area contributed by atoms with E-state index in [2.05, 4.69) is 16.7 Å². The van der Waals surface area contributed by atoms with Gasteiger partial charge in [0.15, 0.2) is 0 Å². The van der Waals surface area contributed by atoms with Gasteiger partial charge in [0.25, 0.3) is 0 Å². The van der Waals surface area contributed by atoms with Crippen LogP contribution in [-0.4, -0.2) is 4.57 Å². The lowest BCUT2D eigenvalue weighted by molar-refractivity contribution is 0.632. The van der Waals surface area contributed by atoms with Crippen molar-refractivity contribution in [2.75, 3.05) is 0 Å². The van der Waals surface area contributed by atoms with Gasteiger partial charge in [0.05, 0.1) is 17.7 Å². The van der Waals surface area contributed by atoms with Crippen molar-refractivity contribution in [2.24, 2.45) is 0 Å². The summed E-state index contributed by atoms with van der Waals surface area (Å²) in [6.07, 6.45) is 4.54. The molecule has 1 aromatic heterocycles. The number of aromatic nitrogens is 1. The Morgan fingerprint density at radius 1 is 1.12 bits per heavy atom. The molecule has 2 rings (SSSR count). The molecule has 0 radical (unpaired) electrons. The van der Waals surface area contributed by atoms with Crippen LogP contribution in [0.25, 0.3) is 10.9 Å². The number of unbranched alkanes of at least 4 members (excludes halogenated alkanes) is 2. The monoisotopic (exact) mass is 223 g/mol. The minimum absolute atomic E-state index is 0.614. The number of nitriles is 2. The van der Waals surface area contributed by atoms with Crippen LogP contribution in [0.15, 0.2) is 30.5 Å². The van der Waals surface area contributed by atoms with Gasteiger partial charge in [-0.15, -0.1) is 0 Å². The highest BCUT2D eigenvalue weighted by atomic mass is 14.9. The second-order valence-corrected chi connectivity index (χ2v) is 3.97. The highest BCUT2D eigenvalue weighted by Gasteiger charge is 2.04. The predicted octanol–water partition coefficient (Wildman–Crippen LogP) is 3.21. The molecule has 0 unspecified atom stereocenters. The summed E-state index contributed by atoms with van der Waals surface area (Å²) in [6.45, 7) is 0.903. The second kappa shape index (κ2) is 5.18. The lowest BCUT2D eigenvalue weighted by Crippen LogP contribution is -1.95. The molecule has 3 nitrogen and oxygen atoms in total. The average molecular weight is 223 g/mol. The van der Waals surface area contributed by atoms with Gasteiger partial charge in [-0.2, -0.15) is 10.5 Å². The summed E-state index contributed by atoms with van der Waals surface area (Å²) in [6, 6.07) is 12.1. The predicted molar refractivity (Wildman–Crippen MR) is 66.1 cm³/mol. The largest absolute Gasteiger partial charge is 0.347 e. The maximum Gasteiger partial charge on any atom is 0.0998 e. The third kappa shape index (κ3) is 2.29. The Labute approximate surface area is 101 Å². The van der Waals surface area contributed by atoms with E-state index in [1.165, 1.54) is 0 Å². The summed E-state index contributed by atoms with van der Waals surface area (Å²) in [5, 5.41) is 18.5. The van der Waals surface area contributed by atoms with Crippen LogP contribution in [-0.2, 0) is 6.54 Å². The molecule has 0 saturated heterocycles. The van der Waals surface area contributed by atoms with E-state index in [4.69, 9.17) is 10.5 Å². The first-order valence-electron chi connectivity index (χ1n) is 5.71. The molecule has 0 N–H and O–H groups in total. The van der Waals surface area contributed by atoms with Crippen LogP contribution < -0.4 is 0 Å². The lowest BCUT2D eigenvalue weighted by atomic mass is 10.1. The number of fused-ring (bicyclic) bond motifs is 1. The highest BCUT2D eigenvalue weighted by molar-refractivity contribution is 5.85. The van der Waals surface area contributed by atoms with Crippen molar-refractivity contribution in [3.8, 4) is 12.1 Å². The SMILES string of the molecule is N#CCCCCn1ccc2c(C#N)cccc21. The highest BCUT2D eigenvalue weighted by Crippen LogP contribution is 2.20. The zero-order valence-corrected chi connectivity index (χ0v) is 9.56. The van der Waals surface area contributed by atoms with E-state index in [1.807, 2.05) is 30.5 Å². The van der Waals surface area contributed by atoms with Crippen molar-refractivity contribution in [2.45, 2.75) is 25.8 Å². The Balaban J connectivity index is 2.20. The Morgan fingerprint density at radius 3 is 2.76 bits per heavy atom. The first-order chi connectivity index (χ1) is 8.36. The van der Waals surface area contributed by atoms with Crippen molar-refractivity contribution < 1.29 is 0 Å². The summed E-state index contributed by atoms with van der Waals surface area (Å²) in [7, 11) is 0. The molecule has 2 aromatic rings. The zero-order valence-electron chi connectivity index (χ0n) is 9.56. The molecule has 0 aliphatic rings. The van der Waals surface area contributed by atoms with Crippen LogP contribution in [0.4, 0.5) is 0 Å². The van der Waals surface area contributed by atoms with Gasteiger partial charge in [-0.1, -0.05) is 6.07 Å². The van der Waals surface area contributed by atoms with Crippen LogP contribution in [0, 0.1) is 22.7 Å². The molecule has 84 valence electrons. The first kappa shape index (κ1) is 11.2. The third-order valence-electron chi connectivity index (χ3n) is 2.87. The number of hydrogen-bond acceptors (Lipinski definition) is 2. The molecule has 0 fully saturated rings. The van der Waals surface area contributed by atoms with E-state index >= 15 is 0 Å². The maximum atomic E-state index is 9.00. The molecular formula is C14H13N3. The van der Waals surface area contributed by atoms with Crippen molar-refractivity contribution >= 4 is 10.9 Å². The molecule has 0 aliphatic heterocycles. The number of hydrogen-bond donors (Lipinski definition) is 0. The van der Waals surface area contributed by atoms with Crippen LogP contribution in [0.2, 0.25) is 0 Å². The number of rotatable bonds is 4. The smallest absolute Gasteiger partial charge is 0.0998 e. The van der Waals surface area contributed by atoms with Gasteiger partial charge < -0.3 is 4.57 Å². The Morgan fingerprint density at radius 2 is 2.00 bits per heavy atom. The van der Waals surface area contributed by atoms with Gasteiger partial charge in [0, 0.05) is 30.1 Å².